The quantitative estimate of drug-likeness (QED) is 0.403. The smallest absolute Gasteiger partial charge is 0.245 e. The molecule has 0 aliphatic rings. The van der Waals surface area contributed by atoms with E-state index in [2.05, 4.69) is 5.92 Å². The number of rotatable bonds is 0. The molecule has 0 N–H and O–H groups in total. The molecule has 54 valence electrons. The van der Waals surface area contributed by atoms with E-state index in [0.29, 0.717) is 5.56 Å². The van der Waals surface area contributed by atoms with Gasteiger partial charge in [0.25, 0.3) is 0 Å². The van der Waals surface area contributed by atoms with E-state index < -0.39 is 6.04 Å². The molecule has 0 spiro atoms. The molecule has 0 fully saturated rings. The van der Waals surface area contributed by atoms with Crippen molar-refractivity contribution in [1.29, 1.82) is 0 Å². The van der Waals surface area contributed by atoms with Gasteiger partial charge in [-0.1, -0.05) is 24.1 Å². The number of benzene rings is 1. The van der Waals surface area contributed by atoms with Crippen LogP contribution in [0.4, 0.5) is 4.39 Å². The minimum absolute atomic E-state index is 0.638. The second-order valence-corrected chi connectivity index (χ2v) is 1.89. The first-order valence-electron chi connectivity index (χ1n) is 3.05. The average molecular weight is 148 g/mol. The number of halogens is 1. The summed E-state index contributed by atoms with van der Waals surface area (Å²) in [6, 6.07) is 7.17. The molecule has 1 nitrogen and oxygen atoms in total. The minimum Gasteiger partial charge on any atom is -0.245 e. The Morgan fingerprint density at radius 1 is 1.27 bits per heavy atom. The first-order valence-corrected chi connectivity index (χ1v) is 3.05. The van der Waals surface area contributed by atoms with Crippen molar-refractivity contribution in [2.75, 3.05) is 0 Å². The maximum Gasteiger partial charge on any atom is 0.376 e. The fourth-order valence-electron chi connectivity index (χ4n) is 0.643. The van der Waals surface area contributed by atoms with Gasteiger partial charge in [0.1, 0.15) is 0 Å². The molecule has 1 aromatic carbocycles. The third-order valence-corrected chi connectivity index (χ3v) is 1.08. The predicted molar refractivity (Wildman–Crippen MR) is 39.4 cm³/mol. The van der Waals surface area contributed by atoms with Crippen molar-refractivity contribution < 1.29 is 9.18 Å². The summed E-state index contributed by atoms with van der Waals surface area (Å²) in [5.74, 6) is 4.18. The highest BCUT2D eigenvalue weighted by Crippen LogP contribution is 1.94. The summed E-state index contributed by atoms with van der Waals surface area (Å²) in [4.78, 5) is 9.78. The second-order valence-electron chi connectivity index (χ2n) is 1.89. The summed E-state index contributed by atoms with van der Waals surface area (Å²) >= 11 is 0. The van der Waals surface area contributed by atoms with Crippen LogP contribution >= 0.6 is 0 Å². The highest BCUT2D eigenvalue weighted by Gasteiger charge is 1.86. The summed E-state index contributed by atoms with van der Waals surface area (Å²) in [7, 11) is 0. The van der Waals surface area contributed by atoms with Crippen LogP contribution in [-0.4, -0.2) is 6.04 Å². The Labute approximate surface area is 63.9 Å². The Bertz CT molecular complexity index is 305. The van der Waals surface area contributed by atoms with Crippen LogP contribution in [0.1, 0.15) is 5.56 Å². The van der Waals surface area contributed by atoms with Crippen LogP contribution in [-0.2, 0) is 4.79 Å². The molecule has 0 atom stereocenters. The molecule has 0 aliphatic heterocycles. The first kappa shape index (κ1) is 7.49. The lowest BCUT2D eigenvalue weighted by atomic mass is 10.2. The van der Waals surface area contributed by atoms with Crippen molar-refractivity contribution in [2.45, 2.75) is 0 Å². The minimum atomic E-state index is -1.60. The number of hydrogen-bond donors (Lipinski definition) is 0. The summed E-state index contributed by atoms with van der Waals surface area (Å²) < 4.78 is 11.6. The lowest BCUT2D eigenvalue weighted by molar-refractivity contribution is -0.123. The van der Waals surface area contributed by atoms with E-state index >= 15 is 0 Å². The fourth-order valence-corrected chi connectivity index (χ4v) is 0.643. The maximum absolute atomic E-state index is 11.6. The number of carbonyl (C=O) groups excluding carboxylic acids is 1. The predicted octanol–water partition coefficient (Wildman–Crippen LogP) is 1.53. The molecule has 0 amide bonds. The van der Waals surface area contributed by atoms with Crippen LogP contribution in [0, 0.1) is 11.8 Å². The first-order chi connectivity index (χ1) is 5.29. The lowest BCUT2D eigenvalue weighted by Crippen LogP contribution is -1.78. The highest BCUT2D eigenvalue weighted by atomic mass is 19.1. The Kier molecular flexibility index (Phi) is 2.40. The SMILES string of the molecule is O=C(F)C#Cc1ccccc1. The van der Waals surface area contributed by atoms with Crippen molar-refractivity contribution in [3.63, 3.8) is 0 Å². The monoisotopic (exact) mass is 148 g/mol. The van der Waals surface area contributed by atoms with Gasteiger partial charge < -0.3 is 0 Å². The normalized spacial score (nSPS) is 8.09. The highest BCUT2D eigenvalue weighted by molar-refractivity contribution is 5.87. The van der Waals surface area contributed by atoms with E-state index in [1.54, 1.807) is 30.2 Å². The molecule has 0 aliphatic carbocycles. The molecule has 1 rings (SSSR count). The Balaban J connectivity index is 2.83. The molecule has 1 aromatic rings. The van der Waals surface area contributed by atoms with Gasteiger partial charge in [0.2, 0.25) is 0 Å². The van der Waals surface area contributed by atoms with Gasteiger partial charge in [0, 0.05) is 11.5 Å². The lowest BCUT2D eigenvalue weighted by Gasteiger charge is -1.83. The van der Waals surface area contributed by atoms with Gasteiger partial charge >= 0.3 is 6.04 Å². The number of hydrogen-bond acceptors (Lipinski definition) is 1. The Morgan fingerprint density at radius 3 is 2.45 bits per heavy atom. The van der Waals surface area contributed by atoms with Crippen molar-refractivity contribution in [3.05, 3.63) is 35.9 Å². The zero-order valence-electron chi connectivity index (χ0n) is 5.67. The standard InChI is InChI=1S/C9H5FO/c10-9(11)7-6-8-4-2-1-3-5-8/h1-5H. The van der Waals surface area contributed by atoms with Gasteiger partial charge in [-0.25, -0.2) is 4.79 Å². The second kappa shape index (κ2) is 3.52. The van der Waals surface area contributed by atoms with Crippen molar-refractivity contribution in [1.82, 2.24) is 0 Å². The molecule has 2 heteroatoms. The summed E-state index contributed by atoms with van der Waals surface area (Å²) in [5, 5.41) is 0. The van der Waals surface area contributed by atoms with Gasteiger partial charge in [0.15, 0.2) is 0 Å². The van der Waals surface area contributed by atoms with Crippen LogP contribution in [0.5, 0.6) is 0 Å². The third-order valence-electron chi connectivity index (χ3n) is 1.08. The van der Waals surface area contributed by atoms with E-state index in [1.807, 2.05) is 6.07 Å². The Morgan fingerprint density at radius 2 is 1.91 bits per heavy atom. The van der Waals surface area contributed by atoms with Gasteiger partial charge in [-0.05, 0) is 12.1 Å². The molecule has 0 unspecified atom stereocenters. The van der Waals surface area contributed by atoms with Crippen molar-refractivity contribution in [3.8, 4) is 11.8 Å². The van der Waals surface area contributed by atoms with Crippen LogP contribution < -0.4 is 0 Å². The maximum atomic E-state index is 11.6. The van der Waals surface area contributed by atoms with Gasteiger partial charge in [-0.3, -0.25) is 0 Å². The van der Waals surface area contributed by atoms with Gasteiger partial charge in [-0.15, -0.1) is 4.39 Å². The van der Waals surface area contributed by atoms with Crippen molar-refractivity contribution >= 4 is 6.04 Å². The van der Waals surface area contributed by atoms with Gasteiger partial charge in [-0.2, -0.15) is 0 Å². The van der Waals surface area contributed by atoms with E-state index in [9.17, 15) is 9.18 Å². The molecule has 0 saturated heterocycles. The van der Waals surface area contributed by atoms with E-state index in [1.165, 1.54) is 0 Å². The zero-order chi connectivity index (χ0) is 8.10. The van der Waals surface area contributed by atoms with Gasteiger partial charge in [0.05, 0.1) is 0 Å². The number of carbonyl (C=O) groups is 1. The molecule has 11 heavy (non-hydrogen) atoms. The van der Waals surface area contributed by atoms with Crippen molar-refractivity contribution in [2.24, 2.45) is 0 Å². The molecular weight excluding hydrogens is 143 g/mol. The summed E-state index contributed by atoms with van der Waals surface area (Å²) in [6.07, 6.45) is 0. The fraction of sp³-hybridized carbons (Fsp3) is 0. The topological polar surface area (TPSA) is 17.1 Å². The van der Waals surface area contributed by atoms with Crippen LogP contribution in [0.25, 0.3) is 0 Å². The summed E-state index contributed by atoms with van der Waals surface area (Å²) in [5.41, 5.74) is 0.638. The Hall–Kier alpha value is -1.62. The van der Waals surface area contributed by atoms with Crippen LogP contribution in [0.3, 0.4) is 0 Å². The third kappa shape index (κ3) is 2.63. The van der Waals surface area contributed by atoms with E-state index in [-0.39, 0.29) is 0 Å². The zero-order valence-corrected chi connectivity index (χ0v) is 5.67. The van der Waals surface area contributed by atoms with E-state index in [0.717, 1.165) is 0 Å². The van der Waals surface area contributed by atoms with E-state index in [4.69, 9.17) is 0 Å². The molecule has 0 bridgehead atoms. The largest absolute Gasteiger partial charge is 0.376 e. The molecular formula is C9H5FO. The van der Waals surface area contributed by atoms with Crippen LogP contribution in [0.2, 0.25) is 0 Å². The molecule has 0 saturated carbocycles. The molecule has 0 radical (unpaired) electrons. The summed E-state index contributed by atoms with van der Waals surface area (Å²) in [6.45, 7) is 0. The van der Waals surface area contributed by atoms with Crippen LogP contribution in [0.15, 0.2) is 30.3 Å². The molecule has 0 heterocycles. The average Bonchev–Trinajstić information content (AvgIpc) is 2.03. The molecule has 0 aromatic heterocycles.